The lowest BCUT2D eigenvalue weighted by molar-refractivity contribution is 0.488. The third kappa shape index (κ3) is 5.65. The van der Waals surface area contributed by atoms with E-state index in [2.05, 4.69) is 24.0 Å². The summed E-state index contributed by atoms with van der Waals surface area (Å²) in [6.07, 6.45) is 13.1. The minimum Gasteiger partial charge on any atom is -0.313 e. The molecule has 2 aliphatic carbocycles. The van der Waals surface area contributed by atoms with Gasteiger partial charge in [0, 0.05) is 17.0 Å². The molecule has 2 aliphatic rings. The van der Waals surface area contributed by atoms with Crippen molar-refractivity contribution < 1.29 is 0 Å². The third-order valence-corrected chi connectivity index (χ3v) is 5.62. The molecule has 100 valence electrons. The van der Waals surface area contributed by atoms with Crippen LogP contribution >= 0.6 is 11.8 Å². The van der Waals surface area contributed by atoms with Gasteiger partial charge >= 0.3 is 0 Å². The molecule has 0 heterocycles. The Morgan fingerprint density at radius 2 is 1.88 bits per heavy atom. The summed E-state index contributed by atoms with van der Waals surface area (Å²) in [5.74, 6) is 2.43. The highest BCUT2D eigenvalue weighted by molar-refractivity contribution is 7.99. The van der Waals surface area contributed by atoms with Crippen molar-refractivity contribution in [2.45, 2.75) is 76.0 Å². The maximum atomic E-state index is 3.76. The zero-order valence-corrected chi connectivity index (χ0v) is 12.2. The Balaban J connectivity index is 1.63. The predicted octanol–water partition coefficient (Wildman–Crippen LogP) is 4.22. The van der Waals surface area contributed by atoms with E-state index in [-0.39, 0.29) is 0 Å². The molecule has 0 aromatic carbocycles. The Kier molecular flexibility index (Phi) is 6.21. The molecule has 0 bridgehead atoms. The Bertz CT molecular complexity index is 197. The van der Waals surface area contributed by atoms with Gasteiger partial charge in [-0.25, -0.2) is 0 Å². The summed E-state index contributed by atoms with van der Waals surface area (Å²) in [5, 5.41) is 4.74. The highest BCUT2D eigenvalue weighted by Gasteiger charge is 2.26. The molecule has 0 saturated heterocycles. The molecule has 17 heavy (non-hydrogen) atoms. The molecular formula is C15H29NS. The van der Waals surface area contributed by atoms with Gasteiger partial charge in [-0.15, -0.1) is 0 Å². The van der Waals surface area contributed by atoms with Gasteiger partial charge in [-0.1, -0.05) is 39.0 Å². The summed E-state index contributed by atoms with van der Waals surface area (Å²) in [4.78, 5) is 0. The van der Waals surface area contributed by atoms with Crippen molar-refractivity contribution in [3.05, 3.63) is 0 Å². The SMILES string of the molecule is CCCNC(CSC1CCCCC1)CC1CC1. The van der Waals surface area contributed by atoms with E-state index in [1.807, 2.05) is 0 Å². The van der Waals surface area contributed by atoms with Crippen LogP contribution in [0.15, 0.2) is 0 Å². The number of nitrogens with one attached hydrogen (secondary N) is 1. The minimum absolute atomic E-state index is 0.800. The zero-order valence-electron chi connectivity index (χ0n) is 11.4. The fraction of sp³-hybridized carbons (Fsp3) is 1.00. The molecular weight excluding hydrogens is 226 g/mol. The largest absolute Gasteiger partial charge is 0.313 e. The smallest absolute Gasteiger partial charge is 0.0160 e. The Morgan fingerprint density at radius 1 is 1.12 bits per heavy atom. The molecule has 1 unspecified atom stereocenters. The van der Waals surface area contributed by atoms with Crippen molar-refractivity contribution in [3.8, 4) is 0 Å². The quantitative estimate of drug-likeness (QED) is 0.697. The second-order valence-electron chi connectivity index (χ2n) is 5.92. The van der Waals surface area contributed by atoms with E-state index in [1.54, 1.807) is 0 Å². The molecule has 1 N–H and O–H groups in total. The first kappa shape index (κ1) is 13.7. The predicted molar refractivity (Wildman–Crippen MR) is 78.8 cm³/mol. The van der Waals surface area contributed by atoms with Crippen LogP contribution in [-0.2, 0) is 0 Å². The van der Waals surface area contributed by atoms with E-state index >= 15 is 0 Å². The van der Waals surface area contributed by atoms with Crippen molar-refractivity contribution in [1.29, 1.82) is 0 Å². The van der Waals surface area contributed by atoms with Gasteiger partial charge in [-0.3, -0.25) is 0 Å². The van der Waals surface area contributed by atoms with Gasteiger partial charge in [0.05, 0.1) is 0 Å². The second kappa shape index (κ2) is 7.68. The van der Waals surface area contributed by atoms with Crippen molar-refractivity contribution in [3.63, 3.8) is 0 Å². The van der Waals surface area contributed by atoms with E-state index in [1.165, 1.54) is 70.1 Å². The molecule has 0 aromatic heterocycles. The van der Waals surface area contributed by atoms with Gasteiger partial charge in [-0.2, -0.15) is 11.8 Å². The normalized spacial score (nSPS) is 23.8. The summed E-state index contributed by atoms with van der Waals surface area (Å²) in [7, 11) is 0. The first-order valence-electron chi connectivity index (χ1n) is 7.73. The fourth-order valence-corrected chi connectivity index (χ4v) is 4.22. The van der Waals surface area contributed by atoms with Gasteiger partial charge in [0.2, 0.25) is 0 Å². The second-order valence-corrected chi connectivity index (χ2v) is 7.26. The monoisotopic (exact) mass is 255 g/mol. The first-order chi connectivity index (χ1) is 8.38. The Morgan fingerprint density at radius 3 is 2.53 bits per heavy atom. The summed E-state index contributed by atoms with van der Waals surface area (Å²) in [6, 6.07) is 0.800. The zero-order chi connectivity index (χ0) is 11.9. The van der Waals surface area contributed by atoms with Crippen molar-refractivity contribution in [2.24, 2.45) is 5.92 Å². The topological polar surface area (TPSA) is 12.0 Å². The molecule has 0 amide bonds. The van der Waals surface area contributed by atoms with Gasteiger partial charge in [0.1, 0.15) is 0 Å². The van der Waals surface area contributed by atoms with Gasteiger partial charge in [0.15, 0.2) is 0 Å². The highest BCUT2D eigenvalue weighted by Crippen LogP contribution is 2.35. The van der Waals surface area contributed by atoms with Crippen LogP contribution in [0, 0.1) is 5.92 Å². The first-order valence-corrected chi connectivity index (χ1v) is 8.78. The maximum Gasteiger partial charge on any atom is 0.0160 e. The van der Waals surface area contributed by atoms with Gasteiger partial charge < -0.3 is 5.32 Å². The molecule has 2 heteroatoms. The van der Waals surface area contributed by atoms with Gasteiger partial charge in [0.25, 0.3) is 0 Å². The summed E-state index contributed by atoms with van der Waals surface area (Å²) < 4.78 is 0. The fourth-order valence-electron chi connectivity index (χ4n) is 2.80. The Hall–Kier alpha value is 0.310. The Labute approximate surface area is 112 Å². The van der Waals surface area contributed by atoms with E-state index in [4.69, 9.17) is 0 Å². The van der Waals surface area contributed by atoms with Crippen LogP contribution in [0.1, 0.15) is 64.7 Å². The molecule has 2 fully saturated rings. The summed E-state index contributed by atoms with van der Waals surface area (Å²) in [5.41, 5.74) is 0. The number of rotatable bonds is 8. The highest BCUT2D eigenvalue weighted by atomic mass is 32.2. The van der Waals surface area contributed by atoms with E-state index < -0.39 is 0 Å². The van der Waals surface area contributed by atoms with Crippen molar-refractivity contribution in [1.82, 2.24) is 5.32 Å². The van der Waals surface area contributed by atoms with Crippen LogP contribution in [0.25, 0.3) is 0 Å². The van der Waals surface area contributed by atoms with Gasteiger partial charge in [-0.05, 0) is 38.1 Å². The molecule has 2 rings (SSSR count). The number of hydrogen-bond donors (Lipinski definition) is 1. The van der Waals surface area contributed by atoms with Crippen molar-refractivity contribution >= 4 is 11.8 Å². The molecule has 1 atom stereocenters. The molecule has 1 nitrogen and oxygen atoms in total. The third-order valence-electron chi connectivity index (χ3n) is 4.08. The molecule has 0 spiro atoms. The van der Waals surface area contributed by atoms with Crippen LogP contribution in [0.3, 0.4) is 0 Å². The average molecular weight is 255 g/mol. The van der Waals surface area contributed by atoms with Crippen LogP contribution in [0.4, 0.5) is 0 Å². The molecule has 0 aliphatic heterocycles. The standard InChI is InChI=1S/C15H29NS/c1-2-10-16-14(11-13-8-9-13)12-17-15-6-4-3-5-7-15/h13-16H,2-12H2,1H3. The number of hydrogen-bond acceptors (Lipinski definition) is 2. The summed E-state index contributed by atoms with van der Waals surface area (Å²) in [6.45, 7) is 3.48. The molecule has 2 saturated carbocycles. The van der Waals surface area contributed by atoms with E-state index in [0.29, 0.717) is 0 Å². The lowest BCUT2D eigenvalue weighted by Crippen LogP contribution is -2.33. The average Bonchev–Trinajstić information content (AvgIpc) is 3.18. The lowest BCUT2D eigenvalue weighted by atomic mass is 10.0. The van der Waals surface area contributed by atoms with Crippen LogP contribution in [0.2, 0.25) is 0 Å². The van der Waals surface area contributed by atoms with E-state index in [9.17, 15) is 0 Å². The summed E-state index contributed by atoms with van der Waals surface area (Å²) >= 11 is 2.26. The number of thioether (sulfide) groups is 1. The van der Waals surface area contributed by atoms with Crippen molar-refractivity contribution in [2.75, 3.05) is 12.3 Å². The lowest BCUT2D eigenvalue weighted by Gasteiger charge is -2.24. The van der Waals surface area contributed by atoms with Crippen LogP contribution in [-0.4, -0.2) is 23.6 Å². The maximum absolute atomic E-state index is 3.76. The molecule has 0 radical (unpaired) electrons. The van der Waals surface area contributed by atoms with E-state index in [0.717, 1.165) is 17.2 Å². The molecule has 0 aromatic rings. The minimum atomic E-state index is 0.800. The van der Waals surface area contributed by atoms with Crippen LogP contribution in [0.5, 0.6) is 0 Å². The van der Waals surface area contributed by atoms with Crippen LogP contribution < -0.4 is 5.32 Å².